The third-order valence-electron chi connectivity index (χ3n) is 2.50. The molecule has 2 nitrogen and oxygen atoms in total. The Hall–Kier alpha value is -0.200. The summed E-state index contributed by atoms with van der Waals surface area (Å²) in [6, 6.07) is 8.12. The molecule has 2 aromatic rings. The quantitative estimate of drug-likeness (QED) is 0.569. The molecule has 1 atom stereocenters. The van der Waals surface area contributed by atoms with E-state index >= 15 is 0 Å². The minimum atomic E-state index is 0.0717. The van der Waals surface area contributed by atoms with Crippen LogP contribution in [0.4, 0.5) is 0 Å². The largest absolute Gasteiger partial charge is 0.363 e. The van der Waals surface area contributed by atoms with Crippen LogP contribution in [0.5, 0.6) is 0 Å². The molecule has 1 aromatic carbocycles. The highest BCUT2D eigenvalue weighted by Gasteiger charge is 2.11. The van der Waals surface area contributed by atoms with Gasteiger partial charge in [-0.25, -0.2) is 0 Å². The molecule has 1 heterocycles. The summed E-state index contributed by atoms with van der Waals surface area (Å²) in [7, 11) is 0. The van der Waals surface area contributed by atoms with Gasteiger partial charge in [-0.2, -0.15) is 0 Å². The van der Waals surface area contributed by atoms with E-state index in [1.54, 1.807) is 0 Å². The van der Waals surface area contributed by atoms with Gasteiger partial charge in [0.2, 0.25) is 0 Å². The molecule has 0 spiro atoms. The zero-order chi connectivity index (χ0) is 11.5. The van der Waals surface area contributed by atoms with Crippen LogP contribution in [0.3, 0.4) is 0 Å². The number of alkyl halides is 1. The Morgan fingerprint density at radius 2 is 2.25 bits per heavy atom. The topological polar surface area (TPSA) is 22.1 Å². The van der Waals surface area contributed by atoms with Gasteiger partial charge in [0.15, 0.2) is 0 Å². The summed E-state index contributed by atoms with van der Waals surface area (Å²) < 4.78 is 7.36. The minimum absolute atomic E-state index is 0.0717. The standard InChI is InChI=1S/C12H11BrINO/c1-8(16-7-14)9-4-5-11(13)10-3-2-6-15-12(9)10/h2-6,8H,7H2,1H3. The maximum absolute atomic E-state index is 5.61. The van der Waals surface area contributed by atoms with Crippen LogP contribution < -0.4 is 0 Å². The van der Waals surface area contributed by atoms with Crippen molar-refractivity contribution in [1.82, 2.24) is 4.98 Å². The zero-order valence-corrected chi connectivity index (χ0v) is 12.5. The van der Waals surface area contributed by atoms with Gasteiger partial charge in [0.1, 0.15) is 0 Å². The van der Waals surface area contributed by atoms with E-state index in [0.29, 0.717) is 4.61 Å². The van der Waals surface area contributed by atoms with E-state index in [9.17, 15) is 0 Å². The number of ether oxygens (including phenoxy) is 1. The first-order valence-corrected chi connectivity index (χ1v) is 7.26. The molecule has 0 N–H and O–H groups in total. The predicted octanol–water partition coefficient (Wildman–Crippen LogP) is 4.47. The lowest BCUT2D eigenvalue weighted by atomic mass is 10.1. The maximum atomic E-state index is 5.61. The van der Waals surface area contributed by atoms with Crippen molar-refractivity contribution in [3.63, 3.8) is 0 Å². The van der Waals surface area contributed by atoms with Gasteiger partial charge in [-0.15, -0.1) is 0 Å². The molecule has 0 aliphatic rings. The molecule has 2 rings (SSSR count). The molecule has 0 amide bonds. The normalized spacial score (nSPS) is 12.9. The zero-order valence-electron chi connectivity index (χ0n) is 8.78. The highest BCUT2D eigenvalue weighted by Crippen LogP contribution is 2.30. The summed E-state index contributed by atoms with van der Waals surface area (Å²) in [6.45, 7) is 2.05. The van der Waals surface area contributed by atoms with Gasteiger partial charge in [0.05, 0.1) is 16.2 Å². The van der Waals surface area contributed by atoms with Gasteiger partial charge in [-0.3, -0.25) is 4.98 Å². The van der Waals surface area contributed by atoms with Crippen LogP contribution in [0.1, 0.15) is 18.6 Å². The van der Waals surface area contributed by atoms with Crippen molar-refractivity contribution in [2.24, 2.45) is 0 Å². The summed E-state index contributed by atoms with van der Waals surface area (Å²) in [5, 5.41) is 1.13. The van der Waals surface area contributed by atoms with E-state index in [-0.39, 0.29) is 6.10 Å². The number of rotatable bonds is 3. The Morgan fingerprint density at radius 1 is 1.44 bits per heavy atom. The molecule has 0 radical (unpaired) electrons. The van der Waals surface area contributed by atoms with Crippen molar-refractivity contribution in [3.05, 3.63) is 40.5 Å². The van der Waals surface area contributed by atoms with Crippen molar-refractivity contribution < 1.29 is 4.74 Å². The molecule has 0 saturated carbocycles. The number of aromatic nitrogens is 1. The summed E-state index contributed by atoms with van der Waals surface area (Å²) in [5.41, 5.74) is 2.14. The second-order valence-electron chi connectivity index (χ2n) is 3.45. The first kappa shape index (κ1) is 12.3. The fourth-order valence-electron chi connectivity index (χ4n) is 1.67. The Morgan fingerprint density at radius 3 is 3.00 bits per heavy atom. The first-order chi connectivity index (χ1) is 7.74. The first-order valence-electron chi connectivity index (χ1n) is 4.94. The fraction of sp³-hybridized carbons (Fsp3) is 0.250. The smallest absolute Gasteiger partial charge is 0.0987 e. The molecule has 4 heteroatoms. The maximum Gasteiger partial charge on any atom is 0.0987 e. The number of benzene rings is 1. The van der Waals surface area contributed by atoms with Crippen LogP contribution in [0.15, 0.2) is 34.9 Å². The van der Waals surface area contributed by atoms with Crippen molar-refractivity contribution in [3.8, 4) is 0 Å². The molecule has 84 valence electrons. The number of hydrogen-bond donors (Lipinski definition) is 0. The van der Waals surface area contributed by atoms with Crippen LogP contribution in [0.2, 0.25) is 0 Å². The summed E-state index contributed by atoms with van der Waals surface area (Å²) in [4.78, 5) is 4.43. The van der Waals surface area contributed by atoms with Gasteiger partial charge < -0.3 is 4.74 Å². The Balaban J connectivity index is 2.58. The van der Waals surface area contributed by atoms with Crippen LogP contribution in [-0.4, -0.2) is 9.60 Å². The van der Waals surface area contributed by atoms with E-state index in [2.05, 4.69) is 62.6 Å². The van der Waals surface area contributed by atoms with E-state index < -0.39 is 0 Å². The molecule has 1 aromatic heterocycles. The molecule has 0 saturated heterocycles. The molecule has 0 aliphatic carbocycles. The van der Waals surface area contributed by atoms with Gasteiger partial charge in [0.25, 0.3) is 0 Å². The lowest BCUT2D eigenvalue weighted by Crippen LogP contribution is -2.00. The molecular formula is C12H11BrINO. The molecule has 16 heavy (non-hydrogen) atoms. The van der Waals surface area contributed by atoms with Crippen molar-refractivity contribution in [2.75, 3.05) is 4.61 Å². The van der Waals surface area contributed by atoms with E-state index in [1.807, 2.05) is 18.3 Å². The van der Waals surface area contributed by atoms with Gasteiger partial charge in [0, 0.05) is 21.6 Å². The average Bonchev–Trinajstić information content (AvgIpc) is 2.30. The molecule has 1 unspecified atom stereocenters. The lowest BCUT2D eigenvalue weighted by Gasteiger charge is -2.14. The van der Waals surface area contributed by atoms with Gasteiger partial charge >= 0.3 is 0 Å². The predicted molar refractivity (Wildman–Crippen MR) is 77.8 cm³/mol. The summed E-state index contributed by atoms with van der Waals surface area (Å²) >= 11 is 5.74. The third kappa shape index (κ3) is 2.38. The van der Waals surface area contributed by atoms with Crippen LogP contribution in [-0.2, 0) is 4.74 Å². The Kier molecular flexibility index (Phi) is 4.16. The third-order valence-corrected chi connectivity index (χ3v) is 3.55. The summed E-state index contributed by atoms with van der Waals surface area (Å²) in [5.74, 6) is 0. The van der Waals surface area contributed by atoms with E-state index in [0.717, 1.165) is 20.9 Å². The second-order valence-corrected chi connectivity index (χ2v) is 4.93. The molecule has 0 aliphatic heterocycles. The highest BCUT2D eigenvalue weighted by atomic mass is 127. The van der Waals surface area contributed by atoms with E-state index in [1.165, 1.54) is 0 Å². The number of halogens is 2. The van der Waals surface area contributed by atoms with Gasteiger partial charge in [-0.05, 0) is 19.1 Å². The second kappa shape index (κ2) is 5.42. The van der Waals surface area contributed by atoms with Gasteiger partial charge in [-0.1, -0.05) is 50.7 Å². The number of hydrogen-bond acceptors (Lipinski definition) is 2. The van der Waals surface area contributed by atoms with E-state index in [4.69, 9.17) is 4.74 Å². The van der Waals surface area contributed by atoms with Crippen LogP contribution in [0, 0.1) is 0 Å². The Labute approximate surface area is 117 Å². The SMILES string of the molecule is CC(OCI)c1ccc(Br)c2cccnc12. The fourth-order valence-corrected chi connectivity index (χ4v) is 2.66. The van der Waals surface area contributed by atoms with Crippen LogP contribution >= 0.6 is 38.5 Å². The summed E-state index contributed by atoms with van der Waals surface area (Å²) in [6.07, 6.45) is 1.89. The average molecular weight is 392 g/mol. The van der Waals surface area contributed by atoms with Crippen LogP contribution in [0.25, 0.3) is 10.9 Å². The molecular weight excluding hydrogens is 381 g/mol. The number of pyridine rings is 1. The van der Waals surface area contributed by atoms with Crippen molar-refractivity contribution in [2.45, 2.75) is 13.0 Å². The number of fused-ring (bicyclic) bond motifs is 1. The molecule has 0 fully saturated rings. The van der Waals surface area contributed by atoms with Crippen molar-refractivity contribution in [1.29, 1.82) is 0 Å². The highest BCUT2D eigenvalue weighted by molar-refractivity contribution is 14.1. The minimum Gasteiger partial charge on any atom is -0.363 e. The monoisotopic (exact) mass is 391 g/mol. The number of nitrogens with zero attached hydrogens (tertiary/aromatic N) is 1. The van der Waals surface area contributed by atoms with Crippen molar-refractivity contribution >= 4 is 49.4 Å². The molecule has 0 bridgehead atoms. The Bertz CT molecular complexity index is 503. The lowest BCUT2D eigenvalue weighted by molar-refractivity contribution is 0.114.